The third-order valence-electron chi connectivity index (χ3n) is 3.80. The Labute approximate surface area is 99.2 Å². The molecule has 1 aromatic carbocycles. The Morgan fingerprint density at radius 3 is 2.41 bits per heavy atom. The van der Waals surface area contributed by atoms with E-state index >= 15 is 0 Å². The molecule has 0 aliphatic carbocycles. The molecule has 1 aromatic rings. The highest BCUT2D eigenvalue weighted by molar-refractivity contribution is 5.51. The van der Waals surface area contributed by atoms with E-state index in [-0.39, 0.29) is 5.60 Å². The molecule has 1 spiro atoms. The first-order valence-corrected chi connectivity index (χ1v) is 5.94. The number of benzene rings is 1. The van der Waals surface area contributed by atoms with Crippen LogP contribution in [-0.2, 0) is 4.74 Å². The third-order valence-corrected chi connectivity index (χ3v) is 3.80. The number of hydrogen-bond acceptors (Lipinski definition) is 2. The van der Waals surface area contributed by atoms with Gasteiger partial charge in [0.15, 0.2) is 0 Å². The lowest BCUT2D eigenvalue weighted by atomic mass is 9.97. The van der Waals surface area contributed by atoms with Crippen molar-refractivity contribution in [2.75, 3.05) is 24.6 Å². The third kappa shape index (κ3) is 1.90. The average molecular weight is 239 g/mol. The average Bonchev–Trinajstić information content (AvgIpc) is 3.05. The summed E-state index contributed by atoms with van der Waals surface area (Å²) >= 11 is 0. The highest BCUT2D eigenvalue weighted by Gasteiger charge is 2.46. The fourth-order valence-corrected chi connectivity index (χ4v) is 2.43. The minimum atomic E-state index is -0.481. The van der Waals surface area contributed by atoms with Gasteiger partial charge in [0.2, 0.25) is 0 Å². The van der Waals surface area contributed by atoms with Gasteiger partial charge >= 0.3 is 0 Å². The minimum Gasteiger partial charge on any atom is -0.369 e. The zero-order valence-electron chi connectivity index (χ0n) is 9.80. The second-order valence-electron chi connectivity index (χ2n) is 5.01. The van der Waals surface area contributed by atoms with Crippen molar-refractivity contribution >= 4 is 5.69 Å². The summed E-state index contributed by atoms with van der Waals surface area (Å²) in [6, 6.07) is 2.57. The summed E-state index contributed by atoms with van der Waals surface area (Å²) < 4.78 is 32.3. The van der Waals surface area contributed by atoms with Crippen molar-refractivity contribution in [1.82, 2.24) is 0 Å². The van der Waals surface area contributed by atoms with E-state index in [0.717, 1.165) is 38.6 Å². The molecule has 2 fully saturated rings. The smallest absolute Gasteiger partial charge is 0.149 e. The number of piperidine rings is 1. The van der Waals surface area contributed by atoms with Gasteiger partial charge in [0.25, 0.3) is 0 Å². The quantitative estimate of drug-likeness (QED) is 0.700. The molecule has 92 valence electrons. The van der Waals surface area contributed by atoms with Gasteiger partial charge in [-0.15, -0.1) is 0 Å². The molecule has 0 aromatic heterocycles. The molecule has 0 unspecified atom stereocenters. The molecule has 4 heteroatoms. The summed E-state index contributed by atoms with van der Waals surface area (Å²) in [6.45, 7) is 4.06. The molecule has 0 amide bonds. The second-order valence-corrected chi connectivity index (χ2v) is 5.01. The first-order valence-electron chi connectivity index (χ1n) is 5.94. The molecule has 2 heterocycles. The van der Waals surface area contributed by atoms with Crippen molar-refractivity contribution in [1.29, 1.82) is 0 Å². The van der Waals surface area contributed by atoms with Gasteiger partial charge in [-0.2, -0.15) is 0 Å². The summed E-state index contributed by atoms with van der Waals surface area (Å²) in [5, 5.41) is 0. The fourth-order valence-electron chi connectivity index (χ4n) is 2.43. The lowest BCUT2D eigenvalue weighted by Gasteiger charge is -2.32. The van der Waals surface area contributed by atoms with Gasteiger partial charge in [0.1, 0.15) is 11.6 Å². The zero-order chi connectivity index (χ0) is 12.0. The Hall–Kier alpha value is -1.16. The van der Waals surface area contributed by atoms with E-state index < -0.39 is 11.6 Å². The molecule has 0 radical (unpaired) electrons. The van der Waals surface area contributed by atoms with Crippen molar-refractivity contribution < 1.29 is 13.5 Å². The Morgan fingerprint density at radius 1 is 1.18 bits per heavy atom. The van der Waals surface area contributed by atoms with Crippen molar-refractivity contribution in [3.63, 3.8) is 0 Å². The topological polar surface area (TPSA) is 15.8 Å². The molecule has 0 N–H and O–H groups in total. The van der Waals surface area contributed by atoms with E-state index in [1.165, 1.54) is 0 Å². The van der Waals surface area contributed by atoms with E-state index in [4.69, 9.17) is 4.74 Å². The van der Waals surface area contributed by atoms with Crippen molar-refractivity contribution in [2.24, 2.45) is 0 Å². The molecule has 2 aliphatic rings. The van der Waals surface area contributed by atoms with Gasteiger partial charge in [0.05, 0.1) is 17.9 Å². The number of ether oxygens (including phenoxy) is 1. The highest BCUT2D eigenvalue weighted by Crippen LogP contribution is 2.39. The Kier molecular flexibility index (Phi) is 2.36. The number of halogens is 2. The summed E-state index contributed by atoms with van der Waals surface area (Å²) in [4.78, 5) is 1.98. The van der Waals surface area contributed by atoms with Crippen molar-refractivity contribution in [3.8, 4) is 0 Å². The maximum Gasteiger partial charge on any atom is 0.149 e. The second kappa shape index (κ2) is 3.67. The van der Waals surface area contributed by atoms with Gasteiger partial charge in [-0.05, 0) is 31.4 Å². The number of epoxide rings is 1. The molecule has 3 rings (SSSR count). The number of nitrogens with zero attached hydrogens (tertiary/aromatic N) is 1. The van der Waals surface area contributed by atoms with Crippen LogP contribution in [0.4, 0.5) is 14.5 Å². The maximum absolute atomic E-state index is 13.7. The highest BCUT2D eigenvalue weighted by atomic mass is 19.1. The van der Waals surface area contributed by atoms with Crippen LogP contribution in [0, 0.1) is 18.6 Å². The van der Waals surface area contributed by atoms with Crippen LogP contribution >= 0.6 is 0 Å². The zero-order valence-corrected chi connectivity index (χ0v) is 9.80. The molecular formula is C13H15F2NO. The molecule has 0 bridgehead atoms. The van der Waals surface area contributed by atoms with Crippen LogP contribution in [0.3, 0.4) is 0 Å². The summed E-state index contributed by atoms with van der Waals surface area (Å²) in [5.74, 6) is -0.953. The van der Waals surface area contributed by atoms with Gasteiger partial charge in [-0.1, -0.05) is 0 Å². The number of hydrogen-bond donors (Lipinski definition) is 0. The Balaban J connectivity index is 1.82. The molecule has 2 saturated heterocycles. The van der Waals surface area contributed by atoms with Crippen LogP contribution in [0.2, 0.25) is 0 Å². The van der Waals surface area contributed by atoms with Crippen molar-refractivity contribution in [3.05, 3.63) is 29.3 Å². The van der Waals surface area contributed by atoms with Crippen LogP contribution in [-0.4, -0.2) is 25.3 Å². The largest absolute Gasteiger partial charge is 0.369 e. The predicted octanol–water partition coefficient (Wildman–Crippen LogP) is 2.64. The SMILES string of the molecule is Cc1cc(N2CCC3(CC2)CO3)c(F)cc1F. The maximum atomic E-state index is 13.7. The van der Waals surface area contributed by atoms with Gasteiger partial charge < -0.3 is 9.64 Å². The van der Waals surface area contributed by atoms with Gasteiger partial charge in [-0.3, -0.25) is 0 Å². The van der Waals surface area contributed by atoms with Crippen LogP contribution in [0.1, 0.15) is 18.4 Å². The summed E-state index contributed by atoms with van der Waals surface area (Å²) in [6.07, 6.45) is 1.87. The Morgan fingerprint density at radius 2 is 1.82 bits per heavy atom. The van der Waals surface area contributed by atoms with Crippen LogP contribution in [0.15, 0.2) is 12.1 Å². The van der Waals surface area contributed by atoms with Crippen molar-refractivity contribution in [2.45, 2.75) is 25.4 Å². The normalized spacial score (nSPS) is 21.9. The number of rotatable bonds is 1. The Bertz CT molecular complexity index is 447. The monoisotopic (exact) mass is 239 g/mol. The first kappa shape index (κ1) is 11.0. The van der Waals surface area contributed by atoms with Crippen LogP contribution in [0.25, 0.3) is 0 Å². The number of aryl methyl sites for hydroxylation is 1. The van der Waals surface area contributed by atoms with Gasteiger partial charge in [0, 0.05) is 19.2 Å². The lowest BCUT2D eigenvalue weighted by Crippen LogP contribution is -2.38. The first-order chi connectivity index (χ1) is 8.10. The van der Waals surface area contributed by atoms with Gasteiger partial charge in [-0.25, -0.2) is 8.78 Å². The lowest BCUT2D eigenvalue weighted by molar-refractivity contribution is 0.258. The summed E-state index contributed by atoms with van der Waals surface area (Å²) in [5.41, 5.74) is 1.09. The van der Waals surface area contributed by atoms with E-state index in [0.29, 0.717) is 11.3 Å². The predicted molar refractivity (Wildman–Crippen MR) is 61.2 cm³/mol. The van der Waals surface area contributed by atoms with E-state index in [1.54, 1.807) is 13.0 Å². The van der Waals surface area contributed by atoms with Crippen LogP contribution < -0.4 is 4.90 Å². The fraction of sp³-hybridized carbons (Fsp3) is 0.538. The molecule has 0 atom stereocenters. The molecular weight excluding hydrogens is 224 g/mol. The standard InChI is InChI=1S/C13H15F2NO/c1-9-6-12(11(15)7-10(9)14)16-4-2-13(3-5-16)8-17-13/h6-7H,2-5,8H2,1H3. The molecule has 0 saturated carbocycles. The van der Waals surface area contributed by atoms with Crippen LogP contribution in [0.5, 0.6) is 0 Å². The van der Waals surface area contributed by atoms with E-state index in [1.807, 2.05) is 4.90 Å². The molecule has 2 nitrogen and oxygen atoms in total. The van der Waals surface area contributed by atoms with E-state index in [9.17, 15) is 8.78 Å². The van der Waals surface area contributed by atoms with E-state index in [2.05, 4.69) is 0 Å². The summed E-state index contributed by atoms with van der Waals surface area (Å²) in [7, 11) is 0. The number of anilines is 1. The molecule has 17 heavy (non-hydrogen) atoms. The molecule has 2 aliphatic heterocycles. The minimum absolute atomic E-state index is 0.0854.